The van der Waals surface area contributed by atoms with Gasteiger partial charge in [0.05, 0.1) is 11.2 Å². The molecule has 0 saturated heterocycles. The smallest absolute Gasteiger partial charge is 0.389 e. The zero-order valence-electron chi connectivity index (χ0n) is 13.7. The molecule has 0 bridgehead atoms. The number of alkyl halides is 3. The van der Waals surface area contributed by atoms with Gasteiger partial charge in [0.25, 0.3) is 0 Å². The highest BCUT2D eigenvalue weighted by atomic mass is 19.4. The van der Waals surface area contributed by atoms with Crippen LogP contribution in [0.4, 0.5) is 13.2 Å². The lowest BCUT2D eigenvalue weighted by Gasteiger charge is -2.57. The normalized spacial score (nSPS) is 26.7. The summed E-state index contributed by atoms with van der Waals surface area (Å²) in [6.45, 7) is 0.669. The average molecular weight is 327 g/mol. The Bertz CT molecular complexity index is 590. The molecule has 1 aromatic carbocycles. The molecule has 1 atom stereocenters. The highest BCUT2D eigenvalue weighted by Crippen LogP contribution is 2.54. The summed E-state index contributed by atoms with van der Waals surface area (Å²) in [5.41, 5.74) is -0.187. The van der Waals surface area contributed by atoms with Crippen LogP contribution in [0, 0.1) is 0 Å². The molecule has 0 aromatic heterocycles. The Hall–Kier alpha value is -1.07. The number of halogens is 3. The first-order chi connectivity index (χ1) is 10.7. The lowest BCUT2D eigenvalue weighted by atomic mass is 9.52. The van der Waals surface area contributed by atoms with E-state index in [9.17, 15) is 18.3 Å². The second-order valence-corrected chi connectivity index (χ2v) is 7.46. The number of aliphatic hydroxyl groups is 1. The van der Waals surface area contributed by atoms with Crippen LogP contribution in [-0.2, 0) is 18.0 Å². The molecule has 3 rings (SSSR count). The van der Waals surface area contributed by atoms with Crippen molar-refractivity contribution in [1.82, 2.24) is 4.90 Å². The molecule has 128 valence electrons. The molecule has 2 aliphatic carbocycles. The molecule has 0 radical (unpaired) electrons. The number of fused-ring (bicyclic) bond motifs is 1. The first-order valence-electron chi connectivity index (χ1n) is 8.26. The van der Waals surface area contributed by atoms with Gasteiger partial charge < -0.3 is 10.0 Å². The lowest BCUT2D eigenvalue weighted by molar-refractivity contribution is -0.137. The van der Waals surface area contributed by atoms with Crippen molar-refractivity contribution >= 4 is 0 Å². The van der Waals surface area contributed by atoms with Crippen LogP contribution in [-0.4, -0.2) is 36.2 Å². The van der Waals surface area contributed by atoms with E-state index in [4.69, 9.17) is 0 Å². The van der Waals surface area contributed by atoms with Gasteiger partial charge in [0.1, 0.15) is 0 Å². The molecule has 1 unspecified atom stereocenters. The van der Waals surface area contributed by atoms with Crippen LogP contribution in [0.5, 0.6) is 0 Å². The van der Waals surface area contributed by atoms with Gasteiger partial charge in [-0.15, -0.1) is 0 Å². The molecule has 1 saturated carbocycles. The van der Waals surface area contributed by atoms with E-state index in [2.05, 4.69) is 0 Å². The number of hydrogen-bond acceptors (Lipinski definition) is 2. The summed E-state index contributed by atoms with van der Waals surface area (Å²) >= 11 is 0. The second kappa shape index (κ2) is 5.49. The molecule has 0 heterocycles. The van der Waals surface area contributed by atoms with E-state index in [-0.39, 0.29) is 0 Å². The number of benzene rings is 1. The summed E-state index contributed by atoms with van der Waals surface area (Å²) in [6, 6.07) is 4.02. The predicted octanol–water partition coefficient (Wildman–Crippen LogP) is 3.76. The van der Waals surface area contributed by atoms with Gasteiger partial charge >= 0.3 is 6.18 Å². The number of rotatable bonds is 3. The first kappa shape index (κ1) is 16.8. The fourth-order valence-electron chi connectivity index (χ4n) is 4.56. The number of nitrogens with zero attached hydrogens (tertiary/aromatic N) is 1. The third kappa shape index (κ3) is 2.68. The van der Waals surface area contributed by atoms with Gasteiger partial charge in [0.2, 0.25) is 0 Å². The van der Waals surface area contributed by atoms with Crippen LogP contribution < -0.4 is 0 Å². The Kier molecular flexibility index (Phi) is 4.00. The average Bonchev–Trinajstić information content (AvgIpc) is 2.43. The minimum Gasteiger partial charge on any atom is -0.389 e. The van der Waals surface area contributed by atoms with Crippen molar-refractivity contribution in [2.75, 3.05) is 20.6 Å². The van der Waals surface area contributed by atoms with Crippen LogP contribution in [0.2, 0.25) is 0 Å². The van der Waals surface area contributed by atoms with Crippen LogP contribution in [0.25, 0.3) is 0 Å². The highest BCUT2D eigenvalue weighted by Gasteiger charge is 2.57. The number of hydrogen-bond donors (Lipinski definition) is 1. The van der Waals surface area contributed by atoms with Crippen molar-refractivity contribution in [3.8, 4) is 0 Å². The van der Waals surface area contributed by atoms with Gasteiger partial charge in [-0.05, 0) is 56.6 Å². The molecule has 1 N–H and O–H groups in total. The monoisotopic (exact) mass is 327 g/mol. The Morgan fingerprint density at radius 1 is 1.13 bits per heavy atom. The Labute approximate surface area is 135 Å². The maximum absolute atomic E-state index is 12.9. The van der Waals surface area contributed by atoms with E-state index in [1.807, 2.05) is 19.0 Å². The summed E-state index contributed by atoms with van der Waals surface area (Å²) < 4.78 is 38.7. The maximum atomic E-state index is 12.9. The summed E-state index contributed by atoms with van der Waals surface area (Å²) in [5, 5.41) is 11.3. The highest BCUT2D eigenvalue weighted by molar-refractivity contribution is 5.51. The largest absolute Gasteiger partial charge is 0.416 e. The van der Waals surface area contributed by atoms with Gasteiger partial charge in [-0.3, -0.25) is 0 Å². The predicted molar refractivity (Wildman–Crippen MR) is 83.4 cm³/mol. The van der Waals surface area contributed by atoms with Crippen LogP contribution in [0.1, 0.15) is 48.8 Å². The molecule has 1 aromatic rings. The minimum absolute atomic E-state index is 0.434. The van der Waals surface area contributed by atoms with Crippen molar-refractivity contribution in [3.05, 3.63) is 34.9 Å². The van der Waals surface area contributed by atoms with E-state index in [1.54, 1.807) is 6.07 Å². The molecular formula is C18H24F3NO. The zero-order chi connectivity index (χ0) is 16.9. The summed E-state index contributed by atoms with van der Waals surface area (Å²) in [4.78, 5) is 2.03. The van der Waals surface area contributed by atoms with Crippen LogP contribution >= 0.6 is 0 Å². The van der Waals surface area contributed by atoms with Crippen LogP contribution in [0.3, 0.4) is 0 Å². The molecule has 0 amide bonds. The molecule has 1 fully saturated rings. The van der Waals surface area contributed by atoms with E-state index in [0.29, 0.717) is 13.0 Å². The molecular weight excluding hydrogens is 303 g/mol. The van der Waals surface area contributed by atoms with Crippen molar-refractivity contribution in [1.29, 1.82) is 0 Å². The summed E-state index contributed by atoms with van der Waals surface area (Å²) in [5.74, 6) is 0. The quantitative estimate of drug-likeness (QED) is 0.914. The van der Waals surface area contributed by atoms with E-state index >= 15 is 0 Å². The van der Waals surface area contributed by atoms with E-state index < -0.39 is 22.8 Å². The van der Waals surface area contributed by atoms with Crippen molar-refractivity contribution < 1.29 is 18.3 Å². The molecule has 2 aliphatic rings. The first-order valence-corrected chi connectivity index (χ1v) is 8.26. The van der Waals surface area contributed by atoms with Gasteiger partial charge in [-0.25, -0.2) is 0 Å². The molecule has 2 nitrogen and oxygen atoms in total. The minimum atomic E-state index is -4.31. The standard InChI is InChI=1S/C18H24F3NO/c1-22(2)12-16(17(23)8-4-3-5-9-17)11-13-10-14(18(19,20)21)6-7-15(13)16/h6-7,10,23H,3-5,8-9,11-12H2,1-2H3. The Morgan fingerprint density at radius 3 is 2.30 bits per heavy atom. The van der Waals surface area contributed by atoms with Gasteiger partial charge in [-0.1, -0.05) is 25.3 Å². The fraction of sp³-hybridized carbons (Fsp3) is 0.667. The summed E-state index contributed by atoms with van der Waals surface area (Å²) in [7, 11) is 3.91. The third-order valence-electron chi connectivity index (χ3n) is 5.60. The van der Waals surface area contributed by atoms with E-state index in [1.165, 1.54) is 6.07 Å². The SMILES string of the molecule is CN(C)CC1(C2(O)CCCCC2)Cc2cc(C(F)(F)F)ccc21. The van der Waals surface area contributed by atoms with Gasteiger partial charge in [0.15, 0.2) is 0 Å². The maximum Gasteiger partial charge on any atom is 0.416 e. The topological polar surface area (TPSA) is 23.5 Å². The fourth-order valence-corrected chi connectivity index (χ4v) is 4.56. The third-order valence-corrected chi connectivity index (χ3v) is 5.60. The summed E-state index contributed by atoms with van der Waals surface area (Å²) in [6.07, 6.45) is 0.795. The van der Waals surface area contributed by atoms with E-state index in [0.717, 1.165) is 49.3 Å². The molecule has 5 heteroatoms. The lowest BCUT2D eigenvalue weighted by Crippen LogP contribution is -2.63. The van der Waals surface area contributed by atoms with Crippen molar-refractivity contribution in [2.24, 2.45) is 0 Å². The van der Waals surface area contributed by atoms with Crippen molar-refractivity contribution in [3.63, 3.8) is 0 Å². The molecule has 0 spiro atoms. The Morgan fingerprint density at radius 2 is 1.78 bits per heavy atom. The molecule has 0 aliphatic heterocycles. The van der Waals surface area contributed by atoms with Gasteiger partial charge in [0, 0.05) is 12.0 Å². The van der Waals surface area contributed by atoms with Crippen molar-refractivity contribution in [2.45, 2.75) is 55.7 Å². The van der Waals surface area contributed by atoms with Gasteiger partial charge in [-0.2, -0.15) is 13.2 Å². The van der Waals surface area contributed by atoms with Crippen LogP contribution in [0.15, 0.2) is 18.2 Å². The molecule has 23 heavy (non-hydrogen) atoms. The Balaban J connectivity index is 2.00. The number of likely N-dealkylation sites (N-methyl/N-ethyl adjacent to an activating group) is 1. The second-order valence-electron chi connectivity index (χ2n) is 7.46. The zero-order valence-corrected chi connectivity index (χ0v) is 13.7.